The average molecular weight is 582 g/mol. The van der Waals surface area contributed by atoms with Crippen molar-refractivity contribution in [2.24, 2.45) is 0 Å². The van der Waals surface area contributed by atoms with Gasteiger partial charge in [-0.05, 0) is 79.4 Å². The Bertz CT molecular complexity index is 1880. The molecule has 0 spiro atoms. The van der Waals surface area contributed by atoms with Crippen LogP contribution in [0.3, 0.4) is 0 Å². The number of fused-ring (bicyclic) bond motifs is 2. The zero-order valence-corrected chi connectivity index (χ0v) is 25.5. The molecule has 218 valence electrons. The smallest absolute Gasteiger partial charge is 0.194 e. The number of hydrogen-bond acceptors (Lipinski definition) is 2. The van der Waals surface area contributed by atoms with E-state index in [-0.39, 0.29) is 5.78 Å². The average Bonchev–Trinajstić information content (AvgIpc) is 3.10. The van der Waals surface area contributed by atoms with Gasteiger partial charge in [0.25, 0.3) is 0 Å². The Hall–Kier alpha value is -5.69. The highest BCUT2D eigenvalue weighted by molar-refractivity contribution is 6.19. The summed E-state index contributed by atoms with van der Waals surface area (Å²) in [6.45, 7) is 5.93. The summed E-state index contributed by atoms with van der Waals surface area (Å²) >= 11 is 0. The molecule has 1 aliphatic carbocycles. The molecule has 0 atom stereocenters. The van der Waals surface area contributed by atoms with Gasteiger partial charge in [-0.1, -0.05) is 121 Å². The number of anilines is 3. The SMILES string of the molecule is C=C=C1c2ccc(C)cc2C(=O)c2ccc(N(c3ccccc3)c3ccccc3)cc21.c1ccc(CCc2ccccc2)cc1. The highest BCUT2D eigenvalue weighted by Crippen LogP contribution is 2.41. The van der Waals surface area contributed by atoms with Crippen LogP contribution in [0.4, 0.5) is 17.1 Å². The maximum atomic E-state index is 13.3. The van der Waals surface area contributed by atoms with Crippen molar-refractivity contribution in [3.05, 3.63) is 209 Å². The van der Waals surface area contributed by atoms with E-state index in [4.69, 9.17) is 0 Å². The number of nitrogens with zero attached hydrogens (tertiary/aromatic N) is 1. The molecule has 1 aliphatic rings. The molecule has 2 nitrogen and oxygen atoms in total. The Balaban J connectivity index is 0.000000213. The second-order valence-electron chi connectivity index (χ2n) is 11.1. The van der Waals surface area contributed by atoms with E-state index in [0.717, 1.165) is 57.7 Å². The topological polar surface area (TPSA) is 20.3 Å². The van der Waals surface area contributed by atoms with Crippen LogP contribution in [-0.2, 0) is 12.8 Å². The van der Waals surface area contributed by atoms with Gasteiger partial charge in [-0.25, -0.2) is 0 Å². The minimum atomic E-state index is 0.0465. The predicted molar refractivity (Wildman–Crippen MR) is 188 cm³/mol. The number of para-hydroxylation sites is 2. The first kappa shape index (κ1) is 29.4. The second-order valence-corrected chi connectivity index (χ2v) is 11.1. The fourth-order valence-corrected chi connectivity index (χ4v) is 5.80. The van der Waals surface area contributed by atoms with E-state index in [1.165, 1.54) is 11.1 Å². The van der Waals surface area contributed by atoms with Crippen LogP contribution in [0.25, 0.3) is 5.57 Å². The molecule has 6 aromatic carbocycles. The van der Waals surface area contributed by atoms with Gasteiger partial charge in [0, 0.05) is 44.9 Å². The Morgan fingerprint density at radius 1 is 0.511 bits per heavy atom. The Labute approximate surface area is 266 Å². The summed E-state index contributed by atoms with van der Waals surface area (Å²) in [4.78, 5) is 15.5. The third-order valence-corrected chi connectivity index (χ3v) is 8.06. The van der Waals surface area contributed by atoms with Crippen LogP contribution < -0.4 is 4.90 Å². The quantitative estimate of drug-likeness (QED) is 0.182. The molecule has 0 amide bonds. The molecule has 0 bridgehead atoms. The van der Waals surface area contributed by atoms with Crippen LogP contribution in [-0.4, -0.2) is 5.78 Å². The third-order valence-electron chi connectivity index (χ3n) is 8.06. The van der Waals surface area contributed by atoms with Crippen LogP contribution in [0.5, 0.6) is 0 Å². The first-order valence-electron chi connectivity index (χ1n) is 15.3. The van der Waals surface area contributed by atoms with Gasteiger partial charge in [-0.3, -0.25) is 4.79 Å². The molecule has 0 N–H and O–H groups in total. The number of benzene rings is 6. The molecule has 7 rings (SSSR count). The van der Waals surface area contributed by atoms with Crippen LogP contribution in [0.2, 0.25) is 0 Å². The van der Waals surface area contributed by atoms with E-state index < -0.39 is 0 Å². The van der Waals surface area contributed by atoms with Crippen molar-refractivity contribution in [1.29, 1.82) is 0 Å². The van der Waals surface area contributed by atoms with Crippen LogP contribution in [0, 0.1) is 6.92 Å². The summed E-state index contributed by atoms with van der Waals surface area (Å²) < 4.78 is 0. The fourth-order valence-electron chi connectivity index (χ4n) is 5.80. The fraction of sp³-hybridized carbons (Fsp3) is 0.0698. The lowest BCUT2D eigenvalue weighted by molar-refractivity contribution is 0.103. The van der Waals surface area contributed by atoms with Gasteiger partial charge in [0.05, 0.1) is 0 Å². The number of aryl methyl sites for hydroxylation is 3. The number of ketones is 1. The van der Waals surface area contributed by atoms with Crippen molar-refractivity contribution >= 4 is 28.4 Å². The van der Waals surface area contributed by atoms with Crippen molar-refractivity contribution < 1.29 is 4.79 Å². The standard InChI is InChI=1S/C29H21NO.C14H14/c1-3-24-25-16-14-20(2)18-28(25)29(31)26-17-15-23(19-27(24)26)30(21-10-6-4-7-11-21)22-12-8-5-9-13-22;1-3-7-13(8-4-1)11-12-14-9-5-2-6-10-14/h4-19H,1H2,2H3;1-10H,11-12H2. The minimum absolute atomic E-state index is 0.0465. The lowest BCUT2D eigenvalue weighted by Gasteiger charge is -2.28. The van der Waals surface area contributed by atoms with E-state index in [9.17, 15) is 4.79 Å². The summed E-state index contributed by atoms with van der Waals surface area (Å²) in [6, 6.07) is 53.7. The normalized spacial score (nSPS) is 11.4. The van der Waals surface area contributed by atoms with Gasteiger partial charge in [0.1, 0.15) is 0 Å². The molecule has 0 saturated carbocycles. The zero-order chi connectivity index (χ0) is 31.0. The number of hydrogen-bond donors (Lipinski definition) is 0. The summed E-state index contributed by atoms with van der Waals surface area (Å²) in [6.07, 6.45) is 2.26. The van der Waals surface area contributed by atoms with Crippen molar-refractivity contribution in [2.75, 3.05) is 4.90 Å². The van der Waals surface area contributed by atoms with E-state index >= 15 is 0 Å². The van der Waals surface area contributed by atoms with Gasteiger partial charge >= 0.3 is 0 Å². The molecule has 0 aromatic heterocycles. The molecule has 0 saturated heterocycles. The molecule has 0 fully saturated rings. The second kappa shape index (κ2) is 13.7. The van der Waals surface area contributed by atoms with Crippen molar-refractivity contribution in [3.8, 4) is 0 Å². The molecule has 0 radical (unpaired) electrons. The number of rotatable bonds is 6. The largest absolute Gasteiger partial charge is 0.310 e. The highest BCUT2D eigenvalue weighted by atomic mass is 16.1. The molecule has 0 aliphatic heterocycles. The van der Waals surface area contributed by atoms with Gasteiger partial charge in [-0.2, -0.15) is 0 Å². The van der Waals surface area contributed by atoms with E-state index in [2.05, 4.69) is 108 Å². The zero-order valence-electron chi connectivity index (χ0n) is 25.5. The summed E-state index contributed by atoms with van der Waals surface area (Å²) in [7, 11) is 0. The monoisotopic (exact) mass is 581 g/mol. The minimum Gasteiger partial charge on any atom is -0.310 e. The lowest BCUT2D eigenvalue weighted by Crippen LogP contribution is -2.16. The van der Waals surface area contributed by atoms with Crippen molar-refractivity contribution in [3.63, 3.8) is 0 Å². The summed E-state index contributed by atoms with van der Waals surface area (Å²) in [5.41, 5.74) is 14.1. The van der Waals surface area contributed by atoms with E-state index in [0.29, 0.717) is 5.56 Å². The highest BCUT2D eigenvalue weighted by Gasteiger charge is 2.28. The van der Waals surface area contributed by atoms with Crippen LogP contribution >= 0.6 is 0 Å². The molecule has 2 heteroatoms. The predicted octanol–water partition coefficient (Wildman–Crippen LogP) is 10.7. The van der Waals surface area contributed by atoms with Crippen LogP contribution in [0.15, 0.2) is 170 Å². The molecular formula is C43H35NO. The third kappa shape index (κ3) is 6.63. The molecule has 45 heavy (non-hydrogen) atoms. The number of carbonyl (C=O) groups excluding carboxylic acids is 1. The van der Waals surface area contributed by atoms with Gasteiger partial charge in [-0.15, -0.1) is 5.73 Å². The Morgan fingerprint density at radius 2 is 1.00 bits per heavy atom. The first-order valence-corrected chi connectivity index (χ1v) is 15.3. The van der Waals surface area contributed by atoms with Crippen molar-refractivity contribution in [1.82, 2.24) is 0 Å². The van der Waals surface area contributed by atoms with Gasteiger partial charge in [0.2, 0.25) is 0 Å². The maximum Gasteiger partial charge on any atom is 0.194 e. The Morgan fingerprint density at radius 3 is 1.51 bits per heavy atom. The van der Waals surface area contributed by atoms with Crippen molar-refractivity contribution in [2.45, 2.75) is 19.8 Å². The molecular weight excluding hydrogens is 546 g/mol. The van der Waals surface area contributed by atoms with Gasteiger partial charge < -0.3 is 4.90 Å². The van der Waals surface area contributed by atoms with Crippen LogP contribution in [0.1, 0.15) is 43.7 Å². The molecule has 0 unspecified atom stereocenters. The first-order chi connectivity index (χ1) is 22.1. The molecule has 6 aromatic rings. The maximum absolute atomic E-state index is 13.3. The number of carbonyl (C=O) groups is 1. The summed E-state index contributed by atoms with van der Waals surface area (Å²) in [5.74, 6) is 0.0465. The van der Waals surface area contributed by atoms with E-state index in [1.807, 2.05) is 73.7 Å². The Kier molecular flexibility index (Phi) is 8.97. The lowest BCUT2D eigenvalue weighted by atomic mass is 9.81. The summed E-state index contributed by atoms with van der Waals surface area (Å²) in [5, 5.41) is 0. The van der Waals surface area contributed by atoms with E-state index in [1.54, 1.807) is 0 Å². The molecule has 0 heterocycles. The van der Waals surface area contributed by atoms with Gasteiger partial charge in [0.15, 0.2) is 5.78 Å².